The van der Waals surface area contributed by atoms with Crippen LogP contribution in [-0.2, 0) is 16.1 Å². The lowest BCUT2D eigenvalue weighted by atomic mass is 10.1. The summed E-state index contributed by atoms with van der Waals surface area (Å²) in [5.41, 5.74) is 0.810. The van der Waals surface area contributed by atoms with E-state index in [9.17, 15) is 14.7 Å². The first kappa shape index (κ1) is 19.3. The highest BCUT2D eigenvalue weighted by Crippen LogP contribution is 2.17. The summed E-state index contributed by atoms with van der Waals surface area (Å²) in [4.78, 5) is 23.5. The van der Waals surface area contributed by atoms with E-state index in [1.54, 1.807) is 13.1 Å². The van der Waals surface area contributed by atoms with Crippen LogP contribution in [-0.4, -0.2) is 39.1 Å². The van der Waals surface area contributed by atoms with Gasteiger partial charge in [-0.25, -0.2) is 9.59 Å². The van der Waals surface area contributed by atoms with Gasteiger partial charge in [-0.05, 0) is 26.3 Å². The van der Waals surface area contributed by atoms with Crippen molar-refractivity contribution >= 4 is 12.1 Å². The van der Waals surface area contributed by atoms with Gasteiger partial charge in [-0.2, -0.15) is 5.10 Å². The van der Waals surface area contributed by atoms with Crippen LogP contribution in [0, 0.1) is 0 Å². The molecule has 0 aliphatic rings. The number of ether oxygens (including phenoxy) is 2. The Balaban J connectivity index is 1.97. The number of amides is 1. The molecule has 0 radical (unpaired) electrons. The lowest BCUT2D eigenvalue weighted by molar-refractivity contribution is -0.140. The minimum absolute atomic E-state index is 0.0238. The van der Waals surface area contributed by atoms with Crippen LogP contribution < -0.4 is 10.1 Å². The van der Waals surface area contributed by atoms with Crippen LogP contribution in [0.15, 0.2) is 42.7 Å². The first-order valence-corrected chi connectivity index (χ1v) is 8.27. The van der Waals surface area contributed by atoms with E-state index in [4.69, 9.17) is 9.47 Å². The zero-order chi connectivity index (χ0) is 19.1. The van der Waals surface area contributed by atoms with Gasteiger partial charge in [0, 0.05) is 0 Å². The number of carboxylic acid groups (broad SMARTS) is 1. The van der Waals surface area contributed by atoms with E-state index in [1.807, 2.05) is 44.2 Å². The van der Waals surface area contributed by atoms with E-state index in [-0.39, 0.29) is 12.7 Å². The third kappa shape index (κ3) is 5.51. The number of aliphatic carboxylic acids is 1. The number of nitrogens with one attached hydrogen (secondary N) is 1. The molecule has 2 N–H and O–H groups in total. The van der Waals surface area contributed by atoms with E-state index < -0.39 is 24.1 Å². The van der Waals surface area contributed by atoms with E-state index in [2.05, 4.69) is 10.4 Å². The summed E-state index contributed by atoms with van der Waals surface area (Å²) in [6, 6.07) is 7.29. The molecule has 26 heavy (non-hydrogen) atoms. The number of carbonyl (C=O) groups is 2. The number of benzene rings is 1. The highest BCUT2D eigenvalue weighted by Gasteiger charge is 2.29. The summed E-state index contributed by atoms with van der Waals surface area (Å²) in [5.74, 6) is -0.654. The maximum atomic E-state index is 12.0. The SMILES string of the molecule is CC(C)Oc1cnn(C(C)C(NC(=O)OCc2ccccc2)C(=O)O)c1. The largest absolute Gasteiger partial charge is 0.488 e. The van der Waals surface area contributed by atoms with E-state index in [0.29, 0.717) is 5.75 Å². The first-order chi connectivity index (χ1) is 12.4. The highest BCUT2D eigenvalue weighted by atomic mass is 16.5. The summed E-state index contributed by atoms with van der Waals surface area (Å²) >= 11 is 0. The topological polar surface area (TPSA) is 103 Å². The minimum Gasteiger partial charge on any atom is -0.488 e. The Morgan fingerprint density at radius 1 is 1.23 bits per heavy atom. The van der Waals surface area contributed by atoms with Gasteiger partial charge in [0.1, 0.15) is 6.61 Å². The van der Waals surface area contributed by atoms with Crippen LogP contribution >= 0.6 is 0 Å². The van der Waals surface area contributed by atoms with Gasteiger partial charge in [0.25, 0.3) is 0 Å². The van der Waals surface area contributed by atoms with Crippen molar-refractivity contribution in [2.75, 3.05) is 0 Å². The normalized spacial score (nSPS) is 13.1. The number of aromatic nitrogens is 2. The summed E-state index contributed by atoms with van der Waals surface area (Å²) in [6.45, 7) is 5.46. The van der Waals surface area contributed by atoms with Crippen LogP contribution in [0.25, 0.3) is 0 Å². The molecule has 2 atom stereocenters. The summed E-state index contributed by atoms with van der Waals surface area (Å²) in [6.07, 6.45) is 2.27. The van der Waals surface area contributed by atoms with Crippen molar-refractivity contribution in [1.82, 2.24) is 15.1 Å². The van der Waals surface area contributed by atoms with E-state index >= 15 is 0 Å². The Hall–Kier alpha value is -3.03. The number of alkyl carbamates (subject to hydrolysis) is 1. The van der Waals surface area contributed by atoms with Crippen molar-refractivity contribution in [3.63, 3.8) is 0 Å². The van der Waals surface area contributed by atoms with Crippen molar-refractivity contribution in [1.29, 1.82) is 0 Å². The quantitative estimate of drug-likeness (QED) is 0.749. The molecule has 8 heteroatoms. The number of hydrogen-bond acceptors (Lipinski definition) is 5. The fourth-order valence-corrected chi connectivity index (χ4v) is 2.31. The Morgan fingerprint density at radius 2 is 1.92 bits per heavy atom. The molecule has 1 amide bonds. The fraction of sp³-hybridized carbons (Fsp3) is 0.389. The number of carboxylic acids is 1. The van der Waals surface area contributed by atoms with Gasteiger partial charge in [0.2, 0.25) is 0 Å². The average Bonchev–Trinajstić information content (AvgIpc) is 3.05. The smallest absolute Gasteiger partial charge is 0.408 e. The Bertz CT molecular complexity index is 729. The van der Waals surface area contributed by atoms with E-state index in [1.165, 1.54) is 10.9 Å². The number of carbonyl (C=O) groups excluding carboxylic acids is 1. The molecular weight excluding hydrogens is 338 g/mol. The summed E-state index contributed by atoms with van der Waals surface area (Å²) < 4.78 is 12.0. The lowest BCUT2D eigenvalue weighted by Crippen LogP contribution is -2.46. The van der Waals surface area contributed by atoms with Gasteiger partial charge >= 0.3 is 12.1 Å². The van der Waals surface area contributed by atoms with Gasteiger partial charge < -0.3 is 19.9 Å². The third-order valence-electron chi connectivity index (χ3n) is 3.60. The molecule has 1 aromatic carbocycles. The molecular formula is C18H23N3O5. The molecule has 2 unspecified atom stereocenters. The Kier molecular flexibility index (Phi) is 6.60. The molecule has 0 bridgehead atoms. The van der Waals surface area contributed by atoms with E-state index in [0.717, 1.165) is 5.56 Å². The molecule has 2 rings (SSSR count). The van der Waals surface area contributed by atoms with Gasteiger partial charge in [0.05, 0.1) is 24.5 Å². The van der Waals surface area contributed by atoms with Crippen LogP contribution in [0.1, 0.15) is 32.4 Å². The van der Waals surface area contributed by atoms with Crippen LogP contribution in [0.3, 0.4) is 0 Å². The molecule has 0 aliphatic heterocycles. The van der Waals surface area contributed by atoms with Crippen LogP contribution in [0.4, 0.5) is 4.79 Å². The zero-order valence-corrected chi connectivity index (χ0v) is 15.0. The summed E-state index contributed by atoms with van der Waals surface area (Å²) in [7, 11) is 0. The second-order valence-corrected chi connectivity index (χ2v) is 6.09. The summed E-state index contributed by atoms with van der Waals surface area (Å²) in [5, 5.41) is 15.9. The highest BCUT2D eigenvalue weighted by molar-refractivity contribution is 5.80. The molecule has 0 spiro atoms. The predicted octanol–water partition coefficient (Wildman–Crippen LogP) is 2.61. The minimum atomic E-state index is -1.20. The van der Waals surface area contributed by atoms with Crippen LogP contribution in [0.5, 0.6) is 5.75 Å². The first-order valence-electron chi connectivity index (χ1n) is 8.27. The maximum absolute atomic E-state index is 12.0. The molecule has 8 nitrogen and oxygen atoms in total. The van der Waals surface area contributed by atoms with Gasteiger partial charge in [-0.3, -0.25) is 4.68 Å². The molecule has 0 aliphatic carbocycles. The van der Waals surface area contributed by atoms with Crippen molar-refractivity contribution < 1.29 is 24.2 Å². The standard InChI is InChI=1S/C18H23N3O5/c1-12(2)26-15-9-19-21(10-15)13(3)16(17(22)23)20-18(24)25-11-14-7-5-4-6-8-14/h4-10,12-13,16H,11H2,1-3H3,(H,20,24)(H,22,23). The molecule has 140 valence electrons. The zero-order valence-electron chi connectivity index (χ0n) is 15.0. The van der Waals surface area contributed by atoms with Gasteiger partial charge in [-0.15, -0.1) is 0 Å². The molecule has 2 aromatic rings. The fourth-order valence-electron chi connectivity index (χ4n) is 2.31. The van der Waals surface area contributed by atoms with Crippen molar-refractivity contribution in [2.24, 2.45) is 0 Å². The number of rotatable bonds is 8. The van der Waals surface area contributed by atoms with Crippen molar-refractivity contribution in [3.8, 4) is 5.75 Å². The molecule has 0 saturated heterocycles. The Morgan fingerprint density at radius 3 is 2.54 bits per heavy atom. The second-order valence-electron chi connectivity index (χ2n) is 6.09. The Labute approximate surface area is 151 Å². The van der Waals surface area contributed by atoms with Crippen molar-refractivity contribution in [3.05, 3.63) is 48.3 Å². The van der Waals surface area contributed by atoms with Gasteiger partial charge in [0.15, 0.2) is 11.8 Å². The monoisotopic (exact) mass is 361 g/mol. The lowest BCUT2D eigenvalue weighted by Gasteiger charge is -2.21. The maximum Gasteiger partial charge on any atom is 0.408 e. The molecule has 1 aromatic heterocycles. The van der Waals surface area contributed by atoms with Crippen molar-refractivity contribution in [2.45, 2.75) is 45.6 Å². The third-order valence-corrected chi connectivity index (χ3v) is 3.60. The molecule has 0 fully saturated rings. The van der Waals surface area contributed by atoms with Gasteiger partial charge in [-0.1, -0.05) is 30.3 Å². The average molecular weight is 361 g/mol. The number of nitrogens with zero attached hydrogens (tertiary/aromatic N) is 2. The second kappa shape index (κ2) is 8.89. The van der Waals surface area contributed by atoms with Crippen LogP contribution in [0.2, 0.25) is 0 Å². The predicted molar refractivity (Wildman–Crippen MR) is 93.9 cm³/mol. The number of hydrogen-bond donors (Lipinski definition) is 2. The molecule has 1 heterocycles. The molecule has 0 saturated carbocycles.